The van der Waals surface area contributed by atoms with Crippen LogP contribution in [-0.4, -0.2) is 34.0 Å². The third kappa shape index (κ3) is 4.97. The zero-order chi connectivity index (χ0) is 19.9. The maximum absolute atomic E-state index is 12.3. The molecule has 0 saturated carbocycles. The van der Waals surface area contributed by atoms with Crippen LogP contribution in [-0.2, 0) is 17.8 Å². The largest absolute Gasteiger partial charge is 0.352 e. The molecule has 6 heteroatoms. The number of imidazole rings is 1. The highest BCUT2D eigenvalue weighted by Gasteiger charge is 2.14. The first-order valence-electron chi connectivity index (χ1n) is 9.61. The lowest BCUT2D eigenvalue weighted by atomic mass is 10.2. The van der Waals surface area contributed by atoms with Crippen molar-refractivity contribution in [3.8, 4) is 0 Å². The monoisotopic (exact) mass is 378 g/mol. The molecular formula is C22H26N4O2. The molecule has 3 rings (SSSR count). The number of hydrogen-bond acceptors (Lipinski definition) is 3. The van der Waals surface area contributed by atoms with Crippen LogP contribution in [0.1, 0.15) is 36.5 Å². The number of fused-ring (bicyclic) bond motifs is 1. The van der Waals surface area contributed by atoms with Gasteiger partial charge in [0.05, 0.1) is 11.0 Å². The van der Waals surface area contributed by atoms with Crippen molar-refractivity contribution in [2.75, 3.05) is 6.54 Å². The third-order valence-electron chi connectivity index (χ3n) is 4.38. The molecular weight excluding hydrogens is 352 g/mol. The topological polar surface area (TPSA) is 76.0 Å². The summed E-state index contributed by atoms with van der Waals surface area (Å²) < 4.78 is 1.96. The van der Waals surface area contributed by atoms with Crippen molar-refractivity contribution in [2.45, 2.75) is 39.3 Å². The number of nitrogens with zero attached hydrogens (tertiary/aromatic N) is 2. The Balaban J connectivity index is 1.64. The van der Waals surface area contributed by atoms with Crippen LogP contribution >= 0.6 is 0 Å². The zero-order valence-electron chi connectivity index (χ0n) is 16.3. The second-order valence-electron chi connectivity index (χ2n) is 7.05. The molecule has 0 spiro atoms. The summed E-state index contributed by atoms with van der Waals surface area (Å²) >= 11 is 0. The molecule has 146 valence electrons. The van der Waals surface area contributed by atoms with Gasteiger partial charge in [0.1, 0.15) is 12.4 Å². The summed E-state index contributed by atoms with van der Waals surface area (Å²) in [6.45, 7) is 4.68. The smallest absolute Gasteiger partial charge is 0.251 e. The van der Waals surface area contributed by atoms with Gasteiger partial charge < -0.3 is 15.2 Å². The number of carbonyl (C=O) groups excluding carboxylic acids is 2. The van der Waals surface area contributed by atoms with Gasteiger partial charge in [-0.3, -0.25) is 9.59 Å². The molecule has 2 amide bonds. The van der Waals surface area contributed by atoms with E-state index in [1.54, 1.807) is 12.1 Å². The van der Waals surface area contributed by atoms with Gasteiger partial charge in [-0.25, -0.2) is 4.98 Å². The van der Waals surface area contributed by atoms with E-state index >= 15 is 0 Å². The van der Waals surface area contributed by atoms with Crippen LogP contribution in [0.5, 0.6) is 0 Å². The summed E-state index contributed by atoms with van der Waals surface area (Å²) in [5.41, 5.74) is 2.48. The van der Waals surface area contributed by atoms with Crippen LogP contribution in [0, 0.1) is 0 Å². The normalized spacial score (nSPS) is 11.0. The van der Waals surface area contributed by atoms with Crippen molar-refractivity contribution in [3.63, 3.8) is 0 Å². The molecule has 0 aliphatic rings. The quantitative estimate of drug-likeness (QED) is 0.592. The molecule has 0 fully saturated rings. The van der Waals surface area contributed by atoms with E-state index in [1.165, 1.54) is 0 Å². The summed E-state index contributed by atoms with van der Waals surface area (Å²) in [7, 11) is 0. The van der Waals surface area contributed by atoms with Crippen LogP contribution < -0.4 is 10.6 Å². The van der Waals surface area contributed by atoms with E-state index in [2.05, 4.69) is 15.6 Å². The molecule has 28 heavy (non-hydrogen) atoms. The maximum Gasteiger partial charge on any atom is 0.251 e. The van der Waals surface area contributed by atoms with Crippen LogP contribution in [0.4, 0.5) is 0 Å². The fourth-order valence-corrected chi connectivity index (χ4v) is 3.14. The van der Waals surface area contributed by atoms with Gasteiger partial charge in [0.2, 0.25) is 5.91 Å². The first-order chi connectivity index (χ1) is 13.5. The minimum absolute atomic E-state index is 0.0308. The molecule has 2 N–H and O–H groups in total. The molecule has 6 nitrogen and oxygen atoms in total. The van der Waals surface area contributed by atoms with Crippen LogP contribution in [0.3, 0.4) is 0 Å². The van der Waals surface area contributed by atoms with Crippen molar-refractivity contribution in [3.05, 3.63) is 66.0 Å². The zero-order valence-corrected chi connectivity index (χ0v) is 16.3. The summed E-state index contributed by atoms with van der Waals surface area (Å²) in [6, 6.07) is 17.1. The Kier molecular flexibility index (Phi) is 6.42. The van der Waals surface area contributed by atoms with Crippen molar-refractivity contribution < 1.29 is 9.59 Å². The number of hydrogen-bond donors (Lipinski definition) is 2. The Morgan fingerprint density at radius 3 is 2.50 bits per heavy atom. The van der Waals surface area contributed by atoms with E-state index in [-0.39, 0.29) is 24.4 Å². The van der Waals surface area contributed by atoms with Crippen LogP contribution in [0.25, 0.3) is 11.0 Å². The first-order valence-corrected chi connectivity index (χ1v) is 9.61. The molecule has 0 aliphatic carbocycles. The van der Waals surface area contributed by atoms with Gasteiger partial charge >= 0.3 is 0 Å². The van der Waals surface area contributed by atoms with Gasteiger partial charge in [0, 0.05) is 24.6 Å². The summed E-state index contributed by atoms with van der Waals surface area (Å²) in [5.74, 6) is 0.747. The average Bonchev–Trinajstić information content (AvgIpc) is 3.02. The van der Waals surface area contributed by atoms with E-state index < -0.39 is 0 Å². The molecule has 2 aromatic carbocycles. The second-order valence-corrected chi connectivity index (χ2v) is 7.05. The fraction of sp³-hybridized carbons (Fsp3) is 0.318. The lowest BCUT2D eigenvalue weighted by molar-refractivity contribution is -0.122. The Morgan fingerprint density at radius 1 is 1.04 bits per heavy atom. The lowest BCUT2D eigenvalue weighted by Gasteiger charge is -2.12. The fourth-order valence-electron chi connectivity index (χ4n) is 3.14. The molecule has 3 aromatic rings. The Labute approximate surface area is 165 Å². The maximum atomic E-state index is 12.3. The summed E-state index contributed by atoms with van der Waals surface area (Å²) in [5, 5.41) is 5.86. The predicted octanol–water partition coefficient (Wildman–Crippen LogP) is 2.92. The molecule has 0 unspecified atom stereocenters. The van der Waals surface area contributed by atoms with Crippen molar-refractivity contribution in [1.29, 1.82) is 0 Å². The standard InChI is InChI=1S/C22H26N4O2/c1-16(2)24-21(27)15-26-19-12-7-6-11-18(19)25-20(26)13-8-14-23-22(28)17-9-4-3-5-10-17/h3-7,9-12,16H,8,13-15H2,1-2H3,(H,23,28)(H,24,27). The molecule has 0 saturated heterocycles. The Bertz CT molecular complexity index is 948. The van der Waals surface area contributed by atoms with E-state index in [4.69, 9.17) is 0 Å². The number of carbonyl (C=O) groups is 2. The molecule has 0 radical (unpaired) electrons. The van der Waals surface area contributed by atoms with Crippen molar-refractivity contribution in [1.82, 2.24) is 20.2 Å². The predicted molar refractivity (Wildman–Crippen MR) is 110 cm³/mol. The number of aromatic nitrogens is 2. The number of aryl methyl sites for hydroxylation is 1. The minimum Gasteiger partial charge on any atom is -0.352 e. The molecule has 0 atom stereocenters. The van der Waals surface area contributed by atoms with Crippen molar-refractivity contribution in [2.24, 2.45) is 0 Å². The van der Waals surface area contributed by atoms with Gasteiger partial charge in [-0.05, 0) is 44.5 Å². The molecule has 1 heterocycles. The molecule has 1 aromatic heterocycles. The Hall–Kier alpha value is -3.15. The van der Waals surface area contributed by atoms with E-state index in [0.717, 1.165) is 23.3 Å². The van der Waals surface area contributed by atoms with E-state index in [9.17, 15) is 9.59 Å². The highest BCUT2D eigenvalue weighted by molar-refractivity contribution is 5.94. The summed E-state index contributed by atoms with van der Waals surface area (Å²) in [6.07, 6.45) is 1.42. The molecule has 0 bridgehead atoms. The highest BCUT2D eigenvalue weighted by atomic mass is 16.2. The van der Waals surface area contributed by atoms with Crippen LogP contribution in [0.15, 0.2) is 54.6 Å². The second kappa shape index (κ2) is 9.17. The van der Waals surface area contributed by atoms with Gasteiger partial charge in [-0.1, -0.05) is 30.3 Å². The molecule has 0 aliphatic heterocycles. The first kappa shape index (κ1) is 19.6. The third-order valence-corrected chi connectivity index (χ3v) is 4.38. The van der Waals surface area contributed by atoms with Gasteiger partial charge in [0.25, 0.3) is 5.91 Å². The number of nitrogens with one attached hydrogen (secondary N) is 2. The minimum atomic E-state index is -0.0783. The van der Waals surface area contributed by atoms with E-state index in [1.807, 2.05) is 60.9 Å². The highest BCUT2D eigenvalue weighted by Crippen LogP contribution is 2.17. The van der Waals surface area contributed by atoms with Crippen LogP contribution in [0.2, 0.25) is 0 Å². The number of amides is 2. The van der Waals surface area contributed by atoms with Gasteiger partial charge in [-0.15, -0.1) is 0 Å². The lowest BCUT2D eigenvalue weighted by Crippen LogP contribution is -2.33. The van der Waals surface area contributed by atoms with Gasteiger partial charge in [0.15, 0.2) is 0 Å². The van der Waals surface area contributed by atoms with E-state index in [0.29, 0.717) is 18.5 Å². The van der Waals surface area contributed by atoms with Gasteiger partial charge in [-0.2, -0.15) is 0 Å². The SMILES string of the molecule is CC(C)NC(=O)Cn1c(CCCNC(=O)c2ccccc2)nc2ccccc21. The summed E-state index contributed by atoms with van der Waals surface area (Å²) in [4.78, 5) is 29.1. The Morgan fingerprint density at radius 2 is 1.75 bits per heavy atom. The number of rotatable bonds is 8. The van der Waals surface area contributed by atoms with Crippen molar-refractivity contribution >= 4 is 22.8 Å². The number of para-hydroxylation sites is 2. The average molecular weight is 378 g/mol. The number of benzene rings is 2.